The summed E-state index contributed by atoms with van der Waals surface area (Å²) in [5.74, 6) is 0.0612. The Bertz CT molecular complexity index is 1010. The van der Waals surface area contributed by atoms with E-state index in [2.05, 4.69) is 23.2 Å². The summed E-state index contributed by atoms with van der Waals surface area (Å²) in [4.78, 5) is 29.8. The zero-order chi connectivity index (χ0) is 19.4. The number of carbonyl (C=O) groups excluding carboxylic acids is 1. The van der Waals surface area contributed by atoms with Gasteiger partial charge in [-0.2, -0.15) is 0 Å². The second kappa shape index (κ2) is 8.21. The highest BCUT2D eigenvalue weighted by Crippen LogP contribution is 2.19. The molecule has 2 aromatic carbocycles. The normalized spacial score (nSPS) is 10.9. The topological polar surface area (TPSA) is 53.2 Å². The Morgan fingerprint density at radius 3 is 2.52 bits per heavy atom. The van der Waals surface area contributed by atoms with E-state index in [1.807, 2.05) is 51.1 Å². The zero-order valence-electron chi connectivity index (χ0n) is 16.2. The van der Waals surface area contributed by atoms with Crippen molar-refractivity contribution in [3.8, 4) is 0 Å². The number of nitrogens with one attached hydrogen (secondary N) is 1. The molecule has 0 saturated carbocycles. The molecular weight excluding hydrogens is 336 g/mol. The Hall–Kier alpha value is -2.88. The average Bonchev–Trinajstić information content (AvgIpc) is 2.65. The number of rotatable bonds is 6. The number of aromatic amines is 1. The van der Waals surface area contributed by atoms with Crippen LogP contribution >= 0.6 is 0 Å². The largest absolute Gasteiger partial charge is 0.338 e. The van der Waals surface area contributed by atoms with Crippen LogP contribution < -0.4 is 5.56 Å². The van der Waals surface area contributed by atoms with Gasteiger partial charge < -0.3 is 9.88 Å². The second-order valence-corrected chi connectivity index (χ2v) is 7.07. The van der Waals surface area contributed by atoms with Crippen molar-refractivity contribution in [3.63, 3.8) is 0 Å². The highest BCUT2D eigenvalue weighted by Gasteiger charge is 2.15. The molecule has 0 fully saturated rings. The van der Waals surface area contributed by atoms with Crippen LogP contribution in [0.5, 0.6) is 0 Å². The maximum Gasteiger partial charge on any atom is 0.253 e. The molecule has 0 atom stereocenters. The van der Waals surface area contributed by atoms with Crippen molar-refractivity contribution >= 4 is 16.8 Å². The van der Waals surface area contributed by atoms with Gasteiger partial charge in [0.05, 0.1) is 6.54 Å². The third-order valence-electron chi connectivity index (χ3n) is 4.92. The van der Waals surface area contributed by atoms with Crippen LogP contribution in [0.15, 0.2) is 53.3 Å². The fourth-order valence-corrected chi connectivity index (χ4v) is 3.46. The molecule has 0 spiro atoms. The Labute approximate surface area is 159 Å². The lowest BCUT2D eigenvalue weighted by Crippen LogP contribution is -2.34. The van der Waals surface area contributed by atoms with Gasteiger partial charge in [-0.25, -0.2) is 0 Å². The highest BCUT2D eigenvalue weighted by atomic mass is 16.2. The molecule has 27 heavy (non-hydrogen) atoms. The Morgan fingerprint density at radius 2 is 1.81 bits per heavy atom. The van der Waals surface area contributed by atoms with Crippen molar-refractivity contribution in [3.05, 3.63) is 81.1 Å². The quantitative estimate of drug-likeness (QED) is 0.717. The van der Waals surface area contributed by atoms with Gasteiger partial charge in [0.25, 0.3) is 5.56 Å². The number of pyridine rings is 1. The maximum absolute atomic E-state index is 12.6. The molecule has 0 aliphatic heterocycles. The van der Waals surface area contributed by atoms with E-state index in [1.165, 1.54) is 5.56 Å². The summed E-state index contributed by atoms with van der Waals surface area (Å²) in [7, 11) is 0. The first kappa shape index (κ1) is 18.9. The van der Waals surface area contributed by atoms with Crippen LogP contribution in [-0.2, 0) is 17.8 Å². The molecule has 140 valence electrons. The van der Waals surface area contributed by atoms with Crippen LogP contribution in [0.1, 0.15) is 35.6 Å². The summed E-state index contributed by atoms with van der Waals surface area (Å²) in [6.45, 7) is 6.85. The van der Waals surface area contributed by atoms with Gasteiger partial charge in [0.1, 0.15) is 0 Å². The number of benzene rings is 2. The van der Waals surface area contributed by atoms with Crippen molar-refractivity contribution in [2.45, 2.75) is 40.2 Å². The molecule has 1 aromatic heterocycles. The van der Waals surface area contributed by atoms with Crippen LogP contribution in [0.4, 0.5) is 0 Å². The van der Waals surface area contributed by atoms with Gasteiger partial charge in [-0.3, -0.25) is 9.59 Å². The predicted molar refractivity (Wildman–Crippen MR) is 110 cm³/mol. The van der Waals surface area contributed by atoms with E-state index in [9.17, 15) is 9.59 Å². The number of aryl methyl sites for hydroxylation is 2. The first-order chi connectivity index (χ1) is 13.0. The molecule has 1 amide bonds. The molecule has 0 aliphatic rings. The molecule has 0 saturated heterocycles. The zero-order valence-corrected chi connectivity index (χ0v) is 16.2. The van der Waals surface area contributed by atoms with Crippen LogP contribution in [0, 0.1) is 13.8 Å². The lowest BCUT2D eigenvalue weighted by molar-refractivity contribution is -0.131. The van der Waals surface area contributed by atoms with Crippen LogP contribution in [0.2, 0.25) is 0 Å². The van der Waals surface area contributed by atoms with Crippen LogP contribution in [0.25, 0.3) is 10.9 Å². The van der Waals surface area contributed by atoms with Gasteiger partial charge in [0.15, 0.2) is 0 Å². The number of fused-ring (bicyclic) bond motifs is 1. The summed E-state index contributed by atoms with van der Waals surface area (Å²) in [6, 6.07) is 16.1. The van der Waals surface area contributed by atoms with Gasteiger partial charge in [-0.1, -0.05) is 43.3 Å². The van der Waals surface area contributed by atoms with Crippen LogP contribution in [0.3, 0.4) is 0 Å². The highest BCUT2D eigenvalue weighted by molar-refractivity contribution is 5.83. The number of amides is 1. The number of hydrogen-bond donors (Lipinski definition) is 1. The maximum atomic E-state index is 12.6. The molecule has 0 radical (unpaired) electrons. The molecule has 4 nitrogen and oxygen atoms in total. The number of H-pyrrole nitrogens is 1. The van der Waals surface area contributed by atoms with E-state index < -0.39 is 0 Å². The average molecular weight is 362 g/mol. The molecule has 1 N–H and O–H groups in total. The van der Waals surface area contributed by atoms with E-state index in [-0.39, 0.29) is 11.5 Å². The van der Waals surface area contributed by atoms with Crippen molar-refractivity contribution in [2.75, 3.05) is 6.54 Å². The van der Waals surface area contributed by atoms with Gasteiger partial charge in [-0.05, 0) is 49.1 Å². The molecule has 0 bridgehead atoms. The number of aromatic nitrogens is 1. The van der Waals surface area contributed by atoms with Gasteiger partial charge in [0.2, 0.25) is 5.91 Å². The van der Waals surface area contributed by atoms with Gasteiger partial charge >= 0.3 is 0 Å². The minimum atomic E-state index is -0.124. The lowest BCUT2D eigenvalue weighted by Gasteiger charge is -2.22. The second-order valence-electron chi connectivity index (χ2n) is 7.07. The molecule has 1 heterocycles. The minimum Gasteiger partial charge on any atom is -0.338 e. The molecule has 4 heteroatoms. The monoisotopic (exact) mass is 362 g/mol. The van der Waals surface area contributed by atoms with E-state index in [0.717, 1.165) is 28.5 Å². The van der Waals surface area contributed by atoms with E-state index in [0.29, 0.717) is 25.1 Å². The number of nitrogens with zero attached hydrogens (tertiary/aromatic N) is 1. The standard InChI is InChI=1S/C23H26N2O2/c1-4-22(26)25(11-10-18-8-6-5-7-9-18)15-19-14-20-17(3)12-16(2)13-21(20)24-23(19)27/h5-9,12-14H,4,10-11,15H2,1-3H3,(H,24,27). The minimum absolute atomic E-state index is 0.0612. The smallest absolute Gasteiger partial charge is 0.253 e. The van der Waals surface area contributed by atoms with Crippen LogP contribution in [-0.4, -0.2) is 22.3 Å². The van der Waals surface area contributed by atoms with E-state index in [1.54, 1.807) is 4.90 Å². The Kier molecular flexibility index (Phi) is 5.75. The van der Waals surface area contributed by atoms with Gasteiger partial charge in [-0.15, -0.1) is 0 Å². The third-order valence-corrected chi connectivity index (χ3v) is 4.92. The third kappa shape index (κ3) is 4.45. The Morgan fingerprint density at radius 1 is 1.07 bits per heavy atom. The van der Waals surface area contributed by atoms with E-state index in [4.69, 9.17) is 0 Å². The number of hydrogen-bond acceptors (Lipinski definition) is 2. The lowest BCUT2D eigenvalue weighted by atomic mass is 10.0. The summed E-state index contributed by atoms with van der Waals surface area (Å²) < 4.78 is 0. The number of carbonyl (C=O) groups is 1. The summed E-state index contributed by atoms with van der Waals surface area (Å²) in [5.41, 5.74) is 4.78. The van der Waals surface area contributed by atoms with Gasteiger partial charge in [0, 0.05) is 29.4 Å². The molecule has 3 aromatic rings. The van der Waals surface area contributed by atoms with Crippen molar-refractivity contribution in [2.24, 2.45) is 0 Å². The summed E-state index contributed by atoms with van der Waals surface area (Å²) >= 11 is 0. The summed E-state index contributed by atoms with van der Waals surface area (Å²) in [6.07, 6.45) is 1.20. The molecule has 0 aliphatic carbocycles. The summed E-state index contributed by atoms with van der Waals surface area (Å²) in [5, 5.41) is 1.03. The fourth-order valence-electron chi connectivity index (χ4n) is 3.46. The Balaban J connectivity index is 1.87. The van der Waals surface area contributed by atoms with E-state index >= 15 is 0 Å². The van der Waals surface area contributed by atoms with Crippen molar-refractivity contribution in [1.82, 2.24) is 9.88 Å². The van der Waals surface area contributed by atoms with Crippen molar-refractivity contribution < 1.29 is 4.79 Å². The first-order valence-corrected chi connectivity index (χ1v) is 9.42. The first-order valence-electron chi connectivity index (χ1n) is 9.42. The molecular formula is C23H26N2O2. The molecule has 0 unspecified atom stereocenters. The fraction of sp³-hybridized carbons (Fsp3) is 0.304. The predicted octanol–water partition coefficient (Wildman–Crippen LogP) is 4.13. The molecule has 3 rings (SSSR count). The van der Waals surface area contributed by atoms with Crippen molar-refractivity contribution in [1.29, 1.82) is 0 Å². The SMILES string of the molecule is CCC(=O)N(CCc1ccccc1)Cc1cc2c(C)cc(C)cc2[nH]c1=O.